The highest BCUT2D eigenvalue weighted by atomic mass is 33.1. The van der Waals surface area contributed by atoms with Crippen LogP contribution in [0, 0.1) is 0 Å². The van der Waals surface area contributed by atoms with Crippen molar-refractivity contribution in [3.8, 4) is 11.4 Å². The van der Waals surface area contributed by atoms with Crippen LogP contribution >= 0.6 is 21.8 Å². The summed E-state index contributed by atoms with van der Waals surface area (Å²) < 4.78 is 1.63. The van der Waals surface area contributed by atoms with Gasteiger partial charge >= 0.3 is 0 Å². The van der Waals surface area contributed by atoms with Crippen molar-refractivity contribution < 1.29 is 9.90 Å². The zero-order valence-corrected chi connectivity index (χ0v) is 12.3. The van der Waals surface area contributed by atoms with Crippen molar-refractivity contribution in [2.45, 2.75) is 4.90 Å². The summed E-state index contributed by atoms with van der Waals surface area (Å²) in [6, 6.07) is 14.0. The van der Waals surface area contributed by atoms with Gasteiger partial charge < -0.3 is 5.11 Å². The van der Waals surface area contributed by atoms with Gasteiger partial charge in [-0.3, -0.25) is 4.79 Å². The Labute approximate surface area is 128 Å². The number of nitrogens with zero attached hydrogens (tertiary/aromatic N) is 4. The highest BCUT2D eigenvalue weighted by Crippen LogP contribution is 2.32. The van der Waals surface area contributed by atoms with Gasteiger partial charge in [0.1, 0.15) is 12.0 Å². The van der Waals surface area contributed by atoms with Gasteiger partial charge in [-0.25, -0.2) is 0 Å². The van der Waals surface area contributed by atoms with Crippen LogP contribution in [0.25, 0.3) is 5.69 Å². The molecule has 0 spiro atoms. The number of rotatable bonds is 5. The molecular formula is C13H10N4O2S2. The van der Waals surface area contributed by atoms with Gasteiger partial charge in [0, 0.05) is 10.5 Å². The first-order chi connectivity index (χ1) is 10.3. The molecule has 21 heavy (non-hydrogen) atoms. The van der Waals surface area contributed by atoms with Gasteiger partial charge in [-0.05, 0) is 69.8 Å². The Kier molecular flexibility index (Phi) is 3.98. The fraction of sp³-hybridized carbons (Fsp3) is 0. The third-order valence-electron chi connectivity index (χ3n) is 2.66. The number of phenolic OH excluding ortho intramolecular Hbond substituents is 1. The van der Waals surface area contributed by atoms with E-state index in [1.165, 1.54) is 21.8 Å². The quantitative estimate of drug-likeness (QED) is 0.576. The Bertz CT molecular complexity index is 734. The van der Waals surface area contributed by atoms with Crippen molar-refractivity contribution in [2.75, 3.05) is 0 Å². The van der Waals surface area contributed by atoms with Crippen molar-refractivity contribution in [1.29, 1.82) is 0 Å². The fourth-order valence-electron chi connectivity index (χ4n) is 1.57. The first-order valence-corrected chi connectivity index (χ1v) is 8.07. The molecule has 0 unspecified atom stereocenters. The van der Waals surface area contributed by atoms with E-state index in [1.54, 1.807) is 45.4 Å². The topological polar surface area (TPSA) is 72.9 Å². The van der Waals surface area contributed by atoms with Crippen LogP contribution in [0.15, 0.2) is 53.4 Å². The molecule has 0 fully saturated rings. The van der Waals surface area contributed by atoms with E-state index in [1.807, 2.05) is 12.1 Å². The van der Waals surface area contributed by atoms with E-state index in [9.17, 15) is 9.90 Å². The molecule has 3 rings (SSSR count). The highest BCUT2D eigenvalue weighted by molar-refractivity contribution is 8.76. The van der Waals surface area contributed by atoms with Gasteiger partial charge in [-0.15, -0.1) is 4.80 Å². The molecule has 0 aliphatic carbocycles. The number of aromatic hydroxyl groups is 1. The summed E-state index contributed by atoms with van der Waals surface area (Å²) in [5.41, 5.74) is 1.45. The molecular weight excluding hydrogens is 308 g/mol. The van der Waals surface area contributed by atoms with Crippen molar-refractivity contribution in [1.82, 2.24) is 19.4 Å². The maximum absolute atomic E-state index is 10.6. The Morgan fingerprint density at radius 3 is 2.29 bits per heavy atom. The van der Waals surface area contributed by atoms with Crippen molar-refractivity contribution >= 4 is 28.1 Å². The van der Waals surface area contributed by atoms with E-state index in [-0.39, 0.29) is 5.75 Å². The molecule has 1 heterocycles. The van der Waals surface area contributed by atoms with Crippen molar-refractivity contribution in [3.63, 3.8) is 0 Å². The van der Waals surface area contributed by atoms with Gasteiger partial charge in [0.05, 0.1) is 16.7 Å². The zero-order chi connectivity index (χ0) is 14.7. The zero-order valence-electron chi connectivity index (χ0n) is 10.7. The van der Waals surface area contributed by atoms with Gasteiger partial charge in [0.2, 0.25) is 0 Å². The Balaban J connectivity index is 1.68. The van der Waals surface area contributed by atoms with Crippen molar-refractivity contribution in [2.24, 2.45) is 0 Å². The minimum Gasteiger partial charge on any atom is -0.508 e. The number of carbonyl (C=O) groups excluding carboxylic acids is 1. The summed E-state index contributed by atoms with van der Waals surface area (Å²) in [5, 5.41) is 17.1. The molecule has 0 saturated heterocycles. The van der Waals surface area contributed by atoms with Crippen LogP contribution < -0.4 is 0 Å². The molecule has 0 radical (unpaired) electrons. The van der Waals surface area contributed by atoms with Gasteiger partial charge in [-0.1, -0.05) is 4.20 Å². The molecule has 8 heteroatoms. The summed E-state index contributed by atoms with van der Waals surface area (Å²) >= 11 is 0. The SMILES string of the molecule is O=Cc1ccc(-n2nnn2SSc2ccc(O)cc2)cc1. The number of phenols is 1. The monoisotopic (exact) mass is 318 g/mol. The van der Waals surface area contributed by atoms with E-state index in [2.05, 4.69) is 10.4 Å². The molecule has 0 amide bonds. The van der Waals surface area contributed by atoms with Gasteiger partial charge in [0.15, 0.2) is 0 Å². The molecule has 2 aromatic carbocycles. The van der Waals surface area contributed by atoms with Gasteiger partial charge in [0.25, 0.3) is 0 Å². The molecule has 1 N–H and O–H groups in total. The molecule has 0 saturated carbocycles. The molecule has 0 aliphatic rings. The lowest BCUT2D eigenvalue weighted by atomic mass is 10.2. The summed E-state index contributed by atoms with van der Waals surface area (Å²) in [4.78, 5) is 13.3. The normalized spacial score (nSPS) is 10.7. The molecule has 1 aromatic heterocycles. The van der Waals surface area contributed by atoms with Crippen LogP contribution in [0.3, 0.4) is 0 Å². The number of hydrogen-bond donors (Lipinski definition) is 1. The molecule has 3 aromatic rings. The number of aromatic nitrogens is 4. The molecule has 106 valence electrons. The predicted molar refractivity (Wildman–Crippen MR) is 81.7 cm³/mol. The van der Waals surface area contributed by atoms with Crippen LogP contribution in [-0.2, 0) is 0 Å². The fourth-order valence-corrected chi connectivity index (χ4v) is 3.30. The molecule has 0 bridgehead atoms. The van der Waals surface area contributed by atoms with E-state index < -0.39 is 0 Å². The van der Waals surface area contributed by atoms with E-state index in [4.69, 9.17) is 0 Å². The lowest BCUT2D eigenvalue weighted by molar-refractivity contribution is 0.112. The Morgan fingerprint density at radius 2 is 1.71 bits per heavy atom. The number of aldehydes is 1. The summed E-state index contributed by atoms with van der Waals surface area (Å²) in [7, 11) is 2.90. The average molecular weight is 318 g/mol. The first kappa shape index (κ1) is 13.8. The largest absolute Gasteiger partial charge is 0.508 e. The minimum absolute atomic E-state index is 0.241. The summed E-state index contributed by atoms with van der Waals surface area (Å²) in [6.07, 6.45) is 0.800. The molecule has 0 atom stereocenters. The third-order valence-corrected chi connectivity index (χ3v) is 4.76. The average Bonchev–Trinajstić information content (AvgIpc) is 2.49. The number of benzene rings is 2. The third kappa shape index (κ3) is 3.11. The predicted octanol–water partition coefficient (Wildman–Crippen LogP) is 2.79. The molecule has 0 aliphatic heterocycles. The summed E-state index contributed by atoms with van der Waals surface area (Å²) in [6.45, 7) is 0. The van der Waals surface area contributed by atoms with E-state index in [0.29, 0.717) is 5.56 Å². The lowest BCUT2D eigenvalue weighted by Gasteiger charge is -2.14. The van der Waals surface area contributed by atoms with Crippen LogP contribution in [0.5, 0.6) is 5.75 Å². The minimum atomic E-state index is 0.241. The Hall–Kier alpha value is -2.19. The second-order valence-corrected chi connectivity index (χ2v) is 6.14. The maximum Gasteiger partial charge on any atom is 0.150 e. The van der Waals surface area contributed by atoms with Crippen LogP contribution in [-0.4, -0.2) is 30.8 Å². The first-order valence-electron chi connectivity index (χ1n) is 5.97. The lowest BCUT2D eigenvalue weighted by Crippen LogP contribution is -2.23. The summed E-state index contributed by atoms with van der Waals surface area (Å²) in [5.74, 6) is 0.241. The van der Waals surface area contributed by atoms with Crippen LogP contribution in [0.1, 0.15) is 10.4 Å². The highest BCUT2D eigenvalue weighted by Gasteiger charge is 2.09. The smallest absolute Gasteiger partial charge is 0.150 e. The van der Waals surface area contributed by atoms with E-state index >= 15 is 0 Å². The van der Waals surface area contributed by atoms with Crippen molar-refractivity contribution in [3.05, 3.63) is 54.1 Å². The van der Waals surface area contributed by atoms with E-state index in [0.717, 1.165) is 16.9 Å². The maximum atomic E-state index is 10.6. The standard InChI is InChI=1S/C13H10N4O2S2/c18-9-10-1-3-11(4-2-10)16-14-15-17(16)21-20-13-7-5-12(19)6-8-13/h1-9,19H. The number of hydrogen-bond acceptors (Lipinski definition) is 6. The van der Waals surface area contributed by atoms with Crippen LogP contribution in [0.2, 0.25) is 0 Å². The van der Waals surface area contributed by atoms with Crippen LogP contribution in [0.4, 0.5) is 0 Å². The van der Waals surface area contributed by atoms with Gasteiger partial charge in [-0.2, -0.15) is 0 Å². The molecule has 6 nitrogen and oxygen atoms in total. The second-order valence-electron chi connectivity index (χ2n) is 4.08. The number of carbonyl (C=O) groups is 1. The Morgan fingerprint density at radius 1 is 1.00 bits per heavy atom. The second kappa shape index (κ2) is 6.06.